The highest BCUT2D eigenvalue weighted by molar-refractivity contribution is 9.10. The van der Waals surface area contributed by atoms with E-state index >= 15 is 0 Å². The van der Waals surface area contributed by atoms with Gasteiger partial charge in [0.25, 0.3) is 5.56 Å². The Hall–Kier alpha value is -4.18. The highest BCUT2D eigenvalue weighted by Crippen LogP contribution is 2.38. The summed E-state index contributed by atoms with van der Waals surface area (Å²) in [6, 6.07) is 18.6. The minimum atomic E-state index is -5.00. The van der Waals surface area contributed by atoms with E-state index in [0.717, 1.165) is 15.9 Å². The van der Waals surface area contributed by atoms with E-state index in [2.05, 4.69) is 27.0 Å². The Kier molecular flexibility index (Phi) is 9.10. The summed E-state index contributed by atoms with van der Waals surface area (Å²) in [6.45, 7) is 1.44. The number of nitrogens with zero attached hydrogens (tertiary/aromatic N) is 3. The maximum Gasteiger partial charge on any atom is 0.434 e. The molecule has 0 spiro atoms. The quantitative estimate of drug-likeness (QED) is 0.214. The Morgan fingerprint density at radius 1 is 1.18 bits per heavy atom. The molecule has 5 rings (SSSR count). The van der Waals surface area contributed by atoms with E-state index in [1.54, 1.807) is 42.5 Å². The Morgan fingerprint density at radius 3 is 2.57 bits per heavy atom. The van der Waals surface area contributed by atoms with Gasteiger partial charge in [-0.1, -0.05) is 59.3 Å². The van der Waals surface area contributed by atoms with E-state index in [0.29, 0.717) is 31.9 Å². The molecule has 44 heavy (non-hydrogen) atoms. The van der Waals surface area contributed by atoms with Crippen LogP contribution in [-0.2, 0) is 16.1 Å². The van der Waals surface area contributed by atoms with Crippen LogP contribution in [0.4, 0.5) is 13.2 Å². The number of carbonyl (C=O) groups excluding carboxylic acids is 1. The summed E-state index contributed by atoms with van der Waals surface area (Å²) >= 11 is 10.2. The van der Waals surface area contributed by atoms with Crippen molar-refractivity contribution in [2.75, 3.05) is 6.61 Å². The molecule has 1 atom stereocenters. The third kappa shape index (κ3) is 6.36. The van der Waals surface area contributed by atoms with Crippen molar-refractivity contribution in [2.45, 2.75) is 25.7 Å². The molecular weight excluding hydrogens is 683 g/mol. The molecule has 0 aliphatic carbocycles. The average molecular weight is 703 g/mol. The number of aromatic nitrogens is 1. The number of rotatable bonds is 7. The first kappa shape index (κ1) is 31.3. The lowest BCUT2D eigenvalue weighted by molar-refractivity contribution is -0.140. The second-order valence-electron chi connectivity index (χ2n) is 9.36. The number of esters is 1. The summed E-state index contributed by atoms with van der Waals surface area (Å²) in [5.41, 5.74) is -0.871. The minimum Gasteiger partial charge on any atom is -0.488 e. The van der Waals surface area contributed by atoms with E-state index in [9.17, 15) is 28.0 Å². The van der Waals surface area contributed by atoms with Crippen molar-refractivity contribution in [3.05, 3.63) is 129 Å². The molecule has 2 heterocycles. The molecule has 0 amide bonds. The first-order chi connectivity index (χ1) is 21.0. The van der Waals surface area contributed by atoms with Crippen LogP contribution in [0.15, 0.2) is 92.3 Å². The van der Waals surface area contributed by atoms with Gasteiger partial charge in [0.05, 0.1) is 38.9 Å². The number of hydrogen-bond acceptors (Lipinski definition) is 7. The number of thiazole rings is 1. The molecule has 0 fully saturated rings. The summed E-state index contributed by atoms with van der Waals surface area (Å²) in [6.07, 6.45) is -3.49. The normalized spacial score (nSPS) is 14.9. The van der Waals surface area contributed by atoms with Gasteiger partial charge in [-0.25, -0.2) is 9.79 Å². The first-order valence-electron chi connectivity index (χ1n) is 13.0. The van der Waals surface area contributed by atoms with Gasteiger partial charge in [0, 0.05) is 10.6 Å². The molecule has 13 heteroatoms. The number of benzene rings is 3. The first-order valence-corrected chi connectivity index (χ1v) is 15.0. The molecule has 1 aliphatic rings. The Balaban J connectivity index is 1.59. The van der Waals surface area contributed by atoms with Crippen LogP contribution in [0.2, 0.25) is 5.02 Å². The van der Waals surface area contributed by atoms with Crippen LogP contribution in [0, 0.1) is 11.3 Å². The number of hydrogen-bond donors (Lipinski definition) is 0. The van der Waals surface area contributed by atoms with Gasteiger partial charge in [0.15, 0.2) is 10.5 Å². The number of nitriles is 1. The van der Waals surface area contributed by atoms with Gasteiger partial charge < -0.3 is 9.47 Å². The third-order valence-corrected chi connectivity index (χ3v) is 8.41. The van der Waals surface area contributed by atoms with Crippen LogP contribution in [-0.4, -0.2) is 23.3 Å². The van der Waals surface area contributed by atoms with Crippen LogP contribution < -0.4 is 19.6 Å². The minimum absolute atomic E-state index is 0.0952. The molecule has 1 aliphatic heterocycles. The van der Waals surface area contributed by atoms with E-state index in [4.69, 9.17) is 21.1 Å². The predicted molar refractivity (Wildman–Crippen MR) is 162 cm³/mol. The number of carbonyl (C=O) groups is 1. The number of halogens is 5. The fourth-order valence-electron chi connectivity index (χ4n) is 4.59. The number of ether oxygens (including phenoxy) is 2. The highest BCUT2D eigenvalue weighted by Gasteiger charge is 2.45. The highest BCUT2D eigenvalue weighted by atomic mass is 79.9. The smallest absolute Gasteiger partial charge is 0.434 e. The predicted octanol–water partition coefficient (Wildman–Crippen LogP) is 6.21. The summed E-state index contributed by atoms with van der Waals surface area (Å²) in [7, 11) is 0. The van der Waals surface area contributed by atoms with Crippen molar-refractivity contribution >= 4 is 50.9 Å². The summed E-state index contributed by atoms with van der Waals surface area (Å²) in [5.74, 6) is -0.747. The fraction of sp³-hybridized carbons (Fsp3) is 0.161. The van der Waals surface area contributed by atoms with Crippen LogP contribution in [0.3, 0.4) is 0 Å². The van der Waals surface area contributed by atoms with E-state index in [1.165, 1.54) is 37.3 Å². The average Bonchev–Trinajstić information content (AvgIpc) is 3.30. The SMILES string of the molecule is CCOC(=O)C1=C(C(F)(F)F)N=c2s/c(=C\c3ccc(OCc4ccccc4C#N)c(Br)c3)c(=O)n2[C@@H]1c1ccc(Cl)cc1. The van der Waals surface area contributed by atoms with Gasteiger partial charge in [-0.15, -0.1) is 0 Å². The zero-order valence-electron chi connectivity index (χ0n) is 22.7. The molecular formula is C31H20BrClF3N3O4S. The molecule has 224 valence electrons. The lowest BCUT2D eigenvalue weighted by Crippen LogP contribution is -2.41. The Bertz CT molecular complexity index is 2010. The van der Waals surface area contributed by atoms with E-state index in [1.807, 2.05) is 0 Å². The Morgan fingerprint density at radius 2 is 1.91 bits per heavy atom. The topological polar surface area (TPSA) is 93.7 Å². The largest absolute Gasteiger partial charge is 0.488 e. The van der Waals surface area contributed by atoms with Crippen LogP contribution in [0.5, 0.6) is 5.75 Å². The second-order valence-corrected chi connectivity index (χ2v) is 11.7. The summed E-state index contributed by atoms with van der Waals surface area (Å²) < 4.78 is 55.4. The van der Waals surface area contributed by atoms with Gasteiger partial charge >= 0.3 is 12.1 Å². The molecule has 0 radical (unpaired) electrons. The lowest BCUT2D eigenvalue weighted by atomic mass is 9.95. The van der Waals surface area contributed by atoms with Crippen molar-refractivity contribution in [1.29, 1.82) is 5.26 Å². The Labute approximate surface area is 265 Å². The second kappa shape index (κ2) is 12.8. The van der Waals surface area contributed by atoms with Crippen molar-refractivity contribution < 1.29 is 27.4 Å². The van der Waals surface area contributed by atoms with Crippen LogP contribution >= 0.6 is 38.9 Å². The van der Waals surface area contributed by atoms with Crippen molar-refractivity contribution in [2.24, 2.45) is 4.99 Å². The molecule has 0 N–H and O–H groups in total. The van der Waals surface area contributed by atoms with Crippen LogP contribution in [0.1, 0.15) is 35.2 Å². The molecule has 7 nitrogen and oxygen atoms in total. The number of fused-ring (bicyclic) bond motifs is 1. The third-order valence-electron chi connectivity index (χ3n) is 6.56. The maximum atomic E-state index is 14.3. The van der Waals surface area contributed by atoms with Gasteiger partial charge in [0.1, 0.15) is 12.4 Å². The monoisotopic (exact) mass is 701 g/mol. The molecule has 0 saturated carbocycles. The van der Waals surface area contributed by atoms with E-state index in [-0.39, 0.29) is 28.1 Å². The van der Waals surface area contributed by atoms with Crippen molar-refractivity contribution in [1.82, 2.24) is 4.57 Å². The van der Waals surface area contributed by atoms with Crippen LogP contribution in [0.25, 0.3) is 6.08 Å². The zero-order valence-corrected chi connectivity index (χ0v) is 25.9. The molecule has 4 aromatic rings. The van der Waals surface area contributed by atoms with Gasteiger partial charge in [-0.2, -0.15) is 18.4 Å². The van der Waals surface area contributed by atoms with Gasteiger partial charge in [-0.05, 0) is 70.4 Å². The lowest BCUT2D eigenvalue weighted by Gasteiger charge is -2.26. The standard InChI is InChI=1S/C31H20BrClF3N3O4S/c1-2-42-29(41)25-26(18-8-10-21(33)11-9-18)39-28(40)24(44-30(39)38-27(25)31(34,35)36)14-17-7-12-23(22(32)13-17)43-16-20-6-4-3-5-19(20)15-37/h3-14,26H,2,16H2,1H3/b24-14-/t26-/m1/s1. The summed E-state index contributed by atoms with van der Waals surface area (Å²) in [5, 5.41) is 9.63. The van der Waals surface area contributed by atoms with Gasteiger partial charge in [-0.3, -0.25) is 9.36 Å². The van der Waals surface area contributed by atoms with E-state index < -0.39 is 35.0 Å². The van der Waals surface area contributed by atoms with Gasteiger partial charge in [0.2, 0.25) is 0 Å². The molecule has 0 unspecified atom stereocenters. The fourth-order valence-corrected chi connectivity index (χ4v) is 6.22. The molecule has 1 aromatic heterocycles. The molecule has 0 bridgehead atoms. The number of alkyl halides is 3. The van der Waals surface area contributed by atoms with Crippen molar-refractivity contribution in [3.8, 4) is 11.8 Å². The molecule has 0 saturated heterocycles. The number of allylic oxidation sites excluding steroid dienone is 1. The maximum absolute atomic E-state index is 14.3. The summed E-state index contributed by atoms with van der Waals surface area (Å²) in [4.78, 5) is 30.2. The molecule has 3 aromatic carbocycles. The zero-order chi connectivity index (χ0) is 31.6. The van der Waals surface area contributed by atoms with Crippen molar-refractivity contribution in [3.63, 3.8) is 0 Å².